The van der Waals surface area contributed by atoms with Crippen molar-refractivity contribution in [3.8, 4) is 21.8 Å². The molecule has 0 atom stereocenters. The quantitative estimate of drug-likeness (QED) is 0.307. The maximum atomic E-state index is 12.6. The van der Waals surface area contributed by atoms with Crippen molar-refractivity contribution in [3.63, 3.8) is 0 Å². The number of aromatic nitrogens is 1. The van der Waals surface area contributed by atoms with Crippen molar-refractivity contribution in [2.45, 2.75) is 6.54 Å². The number of rotatable bonds is 5. The first kappa shape index (κ1) is 20.9. The van der Waals surface area contributed by atoms with Crippen molar-refractivity contribution in [2.24, 2.45) is 0 Å². The van der Waals surface area contributed by atoms with Crippen LogP contribution in [0.4, 0.5) is 0 Å². The minimum absolute atomic E-state index is 0.145. The van der Waals surface area contributed by atoms with Gasteiger partial charge in [-0.15, -0.1) is 11.3 Å². The Labute approximate surface area is 193 Å². The lowest BCUT2D eigenvalue weighted by Crippen LogP contribution is -2.23. The van der Waals surface area contributed by atoms with Crippen molar-refractivity contribution < 1.29 is 4.79 Å². The van der Waals surface area contributed by atoms with E-state index in [1.165, 1.54) is 0 Å². The molecule has 30 heavy (non-hydrogen) atoms. The first-order valence-electron chi connectivity index (χ1n) is 9.05. The molecule has 4 aromatic rings. The summed E-state index contributed by atoms with van der Waals surface area (Å²) in [5.74, 6) is -0.376. The van der Waals surface area contributed by atoms with Gasteiger partial charge in [-0.05, 0) is 23.8 Å². The van der Waals surface area contributed by atoms with Crippen LogP contribution < -0.4 is 5.32 Å². The van der Waals surface area contributed by atoms with Crippen LogP contribution in [0.5, 0.6) is 0 Å². The Morgan fingerprint density at radius 2 is 1.63 bits per heavy atom. The van der Waals surface area contributed by atoms with Gasteiger partial charge in [0.05, 0.1) is 26.3 Å². The van der Waals surface area contributed by atoms with Crippen LogP contribution in [0.25, 0.3) is 21.8 Å². The number of halogens is 3. The maximum Gasteiger partial charge on any atom is 0.254 e. The van der Waals surface area contributed by atoms with E-state index in [0.29, 0.717) is 6.54 Å². The second-order valence-corrected chi connectivity index (χ2v) is 8.56. The fraction of sp³-hybridized carbons (Fsp3) is 0.0435. The summed E-state index contributed by atoms with van der Waals surface area (Å²) in [4.78, 5) is 17.3. The average molecular weight is 474 g/mol. The number of amides is 1. The molecule has 1 amide bonds. The zero-order chi connectivity index (χ0) is 21.1. The first-order chi connectivity index (χ1) is 14.5. The molecule has 1 heterocycles. The molecule has 1 aromatic heterocycles. The van der Waals surface area contributed by atoms with Crippen LogP contribution in [0, 0.1) is 0 Å². The molecule has 7 heteroatoms. The van der Waals surface area contributed by atoms with E-state index in [0.717, 1.165) is 27.4 Å². The number of thiazole rings is 1. The molecule has 0 bridgehead atoms. The van der Waals surface area contributed by atoms with Gasteiger partial charge in [0.15, 0.2) is 0 Å². The summed E-state index contributed by atoms with van der Waals surface area (Å²) in [7, 11) is 0. The molecular weight excluding hydrogens is 459 g/mol. The molecule has 0 aliphatic carbocycles. The van der Waals surface area contributed by atoms with Crippen LogP contribution in [0.15, 0.2) is 72.1 Å². The Bertz CT molecular complexity index is 1210. The van der Waals surface area contributed by atoms with E-state index >= 15 is 0 Å². The molecule has 0 aliphatic heterocycles. The highest BCUT2D eigenvalue weighted by Gasteiger charge is 2.17. The Hall–Kier alpha value is -2.37. The van der Waals surface area contributed by atoms with Crippen molar-refractivity contribution in [3.05, 3.63) is 98.3 Å². The molecule has 0 spiro atoms. The van der Waals surface area contributed by atoms with Crippen LogP contribution in [0.3, 0.4) is 0 Å². The van der Waals surface area contributed by atoms with Crippen molar-refractivity contribution in [1.29, 1.82) is 0 Å². The molecule has 0 aliphatic rings. The molecule has 0 radical (unpaired) electrons. The summed E-state index contributed by atoms with van der Waals surface area (Å²) in [5.41, 5.74) is 4.13. The predicted molar refractivity (Wildman–Crippen MR) is 126 cm³/mol. The fourth-order valence-corrected chi connectivity index (χ4v) is 4.49. The number of nitrogens with zero attached hydrogens (tertiary/aromatic N) is 1. The number of benzene rings is 3. The molecule has 0 unspecified atom stereocenters. The van der Waals surface area contributed by atoms with Gasteiger partial charge in [-0.1, -0.05) is 83.3 Å². The van der Waals surface area contributed by atoms with E-state index in [-0.39, 0.29) is 26.5 Å². The van der Waals surface area contributed by atoms with Crippen molar-refractivity contribution >= 4 is 52.0 Å². The highest BCUT2D eigenvalue weighted by atomic mass is 35.5. The van der Waals surface area contributed by atoms with Gasteiger partial charge in [-0.2, -0.15) is 0 Å². The lowest BCUT2D eigenvalue weighted by atomic mass is 10.1. The third-order valence-corrected chi connectivity index (χ3v) is 6.48. The monoisotopic (exact) mass is 472 g/mol. The van der Waals surface area contributed by atoms with E-state index in [4.69, 9.17) is 39.8 Å². The summed E-state index contributed by atoms with van der Waals surface area (Å²) in [5, 5.41) is 6.50. The van der Waals surface area contributed by atoms with Crippen molar-refractivity contribution in [2.75, 3.05) is 0 Å². The van der Waals surface area contributed by atoms with Gasteiger partial charge in [-0.25, -0.2) is 4.98 Å². The summed E-state index contributed by atoms with van der Waals surface area (Å²) in [6, 6.07) is 21.1. The predicted octanol–water partition coefficient (Wildman–Crippen LogP) is 7.37. The molecule has 0 saturated carbocycles. The molecule has 3 nitrogen and oxygen atoms in total. The number of carbonyl (C=O) groups is 1. The second-order valence-electron chi connectivity index (χ2n) is 6.51. The van der Waals surface area contributed by atoms with Crippen LogP contribution in [0.1, 0.15) is 15.9 Å². The van der Waals surface area contributed by atoms with E-state index < -0.39 is 0 Å². The van der Waals surface area contributed by atoms with Gasteiger partial charge in [0, 0.05) is 23.1 Å². The third kappa shape index (κ3) is 4.52. The zero-order valence-corrected chi connectivity index (χ0v) is 18.6. The van der Waals surface area contributed by atoms with Gasteiger partial charge in [0.25, 0.3) is 5.91 Å². The third-order valence-electron chi connectivity index (χ3n) is 4.47. The summed E-state index contributed by atoms with van der Waals surface area (Å²) in [6.45, 7) is 0.322. The first-order valence-corrected chi connectivity index (χ1v) is 11.1. The summed E-state index contributed by atoms with van der Waals surface area (Å²) in [6.07, 6.45) is 0. The lowest BCUT2D eigenvalue weighted by Gasteiger charge is -2.10. The smallest absolute Gasteiger partial charge is 0.254 e. The van der Waals surface area contributed by atoms with Gasteiger partial charge >= 0.3 is 0 Å². The Kier molecular flexibility index (Phi) is 6.40. The van der Waals surface area contributed by atoms with Gasteiger partial charge < -0.3 is 5.32 Å². The van der Waals surface area contributed by atoms with Crippen LogP contribution >= 0.6 is 46.1 Å². The number of hydrogen-bond acceptors (Lipinski definition) is 3. The van der Waals surface area contributed by atoms with E-state index in [9.17, 15) is 4.79 Å². The standard InChI is InChI=1S/C23H15Cl3N2OS/c24-17-9-10-18(25)21(26)20(17)22(29)27-12-14-5-4-8-16(11-14)23-28-19(13-30-23)15-6-2-1-3-7-15/h1-11,13H,12H2,(H,27,29). The van der Waals surface area contributed by atoms with Gasteiger partial charge in [0.1, 0.15) is 5.01 Å². The van der Waals surface area contributed by atoms with Gasteiger partial charge in [0.2, 0.25) is 0 Å². The molecule has 150 valence electrons. The van der Waals surface area contributed by atoms with Crippen LogP contribution in [-0.2, 0) is 6.54 Å². The number of nitrogens with one attached hydrogen (secondary N) is 1. The molecule has 4 rings (SSSR count). The molecule has 3 aromatic carbocycles. The molecule has 0 saturated heterocycles. The summed E-state index contributed by atoms with van der Waals surface area (Å²) < 4.78 is 0. The average Bonchev–Trinajstić information content (AvgIpc) is 3.26. The highest BCUT2D eigenvalue weighted by molar-refractivity contribution is 7.13. The van der Waals surface area contributed by atoms with E-state index in [1.807, 2.05) is 60.0 Å². The van der Waals surface area contributed by atoms with Crippen LogP contribution in [0.2, 0.25) is 15.1 Å². The molecule has 0 fully saturated rings. The SMILES string of the molecule is O=C(NCc1cccc(-c2nc(-c3ccccc3)cs2)c1)c1c(Cl)ccc(Cl)c1Cl. The zero-order valence-electron chi connectivity index (χ0n) is 15.5. The topological polar surface area (TPSA) is 42.0 Å². The Balaban J connectivity index is 1.50. The second kappa shape index (κ2) is 9.19. The molecular formula is C23H15Cl3N2OS. The normalized spacial score (nSPS) is 10.8. The Morgan fingerprint density at radius 3 is 2.43 bits per heavy atom. The van der Waals surface area contributed by atoms with Crippen molar-refractivity contribution in [1.82, 2.24) is 10.3 Å². The van der Waals surface area contributed by atoms with Gasteiger partial charge in [-0.3, -0.25) is 4.79 Å². The molecule has 1 N–H and O–H groups in total. The largest absolute Gasteiger partial charge is 0.348 e. The minimum atomic E-state index is -0.376. The number of carbonyl (C=O) groups excluding carboxylic acids is 1. The summed E-state index contributed by atoms with van der Waals surface area (Å²) >= 11 is 19.9. The Morgan fingerprint density at radius 1 is 0.900 bits per heavy atom. The highest BCUT2D eigenvalue weighted by Crippen LogP contribution is 2.32. The maximum absolute atomic E-state index is 12.6. The lowest BCUT2D eigenvalue weighted by molar-refractivity contribution is 0.0951. The van der Waals surface area contributed by atoms with E-state index in [1.54, 1.807) is 23.5 Å². The number of hydrogen-bond donors (Lipinski definition) is 1. The fourth-order valence-electron chi connectivity index (χ4n) is 2.97. The van der Waals surface area contributed by atoms with E-state index in [2.05, 4.69) is 5.32 Å². The van der Waals surface area contributed by atoms with Crippen LogP contribution in [-0.4, -0.2) is 10.9 Å². The minimum Gasteiger partial charge on any atom is -0.348 e.